The van der Waals surface area contributed by atoms with Crippen molar-refractivity contribution in [3.8, 4) is 0 Å². The summed E-state index contributed by atoms with van der Waals surface area (Å²) in [6.07, 6.45) is 4.72. The zero-order valence-electron chi connectivity index (χ0n) is 10.7. The van der Waals surface area contributed by atoms with Gasteiger partial charge in [-0.3, -0.25) is 9.38 Å². The number of hydrogen-bond donors (Lipinski definition) is 0. The summed E-state index contributed by atoms with van der Waals surface area (Å²) in [4.78, 5) is 7.15. The van der Waals surface area contributed by atoms with Gasteiger partial charge in [0.25, 0.3) is 0 Å². The number of benzene rings is 1. The minimum Gasteiger partial charge on any atom is -0.299 e. The van der Waals surface area contributed by atoms with E-state index < -0.39 is 0 Å². The molecule has 0 unspecified atom stereocenters. The van der Waals surface area contributed by atoms with E-state index in [1.165, 1.54) is 42.9 Å². The van der Waals surface area contributed by atoms with Crippen molar-refractivity contribution in [3.05, 3.63) is 23.8 Å². The van der Waals surface area contributed by atoms with Gasteiger partial charge in [0.15, 0.2) is 12.0 Å². The highest BCUT2D eigenvalue weighted by Gasteiger charge is 2.29. The molecule has 0 amide bonds. The van der Waals surface area contributed by atoms with Crippen molar-refractivity contribution >= 4 is 17.7 Å². The zero-order valence-corrected chi connectivity index (χ0v) is 10.7. The van der Waals surface area contributed by atoms with Crippen LogP contribution in [0.25, 0.3) is 0 Å². The van der Waals surface area contributed by atoms with Gasteiger partial charge in [0.2, 0.25) is 0 Å². The Hall–Kier alpha value is -1.19. The van der Waals surface area contributed by atoms with E-state index >= 15 is 0 Å². The number of para-hydroxylation sites is 1. The molecule has 3 heteroatoms. The highest BCUT2D eigenvalue weighted by Crippen LogP contribution is 2.39. The summed E-state index contributed by atoms with van der Waals surface area (Å²) < 4.78 is 0.767. The van der Waals surface area contributed by atoms with Crippen LogP contribution in [0.1, 0.15) is 18.4 Å². The van der Waals surface area contributed by atoms with E-state index in [1.54, 1.807) is 0 Å². The normalized spacial score (nSPS) is 22.0. The minimum atomic E-state index is 0.767. The Kier molecular flexibility index (Phi) is 2.53. The lowest BCUT2D eigenvalue weighted by molar-refractivity contribution is 0.332. The largest absolute Gasteiger partial charge is 0.299 e. The van der Waals surface area contributed by atoms with Crippen molar-refractivity contribution in [1.82, 2.24) is 9.38 Å². The van der Waals surface area contributed by atoms with Crippen LogP contribution in [0.5, 0.6) is 0 Å². The van der Waals surface area contributed by atoms with Crippen LogP contribution in [0.3, 0.4) is 0 Å². The first-order valence-corrected chi connectivity index (χ1v) is 6.40. The molecule has 0 bridgehead atoms. The second kappa shape index (κ2) is 3.93. The second-order valence-corrected chi connectivity index (χ2v) is 5.55. The molecule has 0 saturated carbocycles. The van der Waals surface area contributed by atoms with Crippen LogP contribution in [-0.2, 0) is 6.54 Å². The van der Waals surface area contributed by atoms with Crippen LogP contribution in [0.4, 0.5) is 11.4 Å². The maximum atomic E-state index is 4.61. The van der Waals surface area contributed by atoms with Gasteiger partial charge < -0.3 is 0 Å². The fourth-order valence-electron chi connectivity index (χ4n) is 2.77. The molecule has 0 aliphatic carbocycles. The Morgan fingerprint density at radius 3 is 2.76 bits per heavy atom. The molecule has 2 aliphatic rings. The summed E-state index contributed by atoms with van der Waals surface area (Å²) in [6.45, 7) is 3.54. The first-order chi connectivity index (χ1) is 8.17. The molecule has 17 heavy (non-hydrogen) atoms. The zero-order chi connectivity index (χ0) is 11.9. The van der Waals surface area contributed by atoms with Crippen molar-refractivity contribution in [2.75, 3.05) is 27.2 Å². The third-order valence-electron chi connectivity index (χ3n) is 3.79. The topological polar surface area (TPSA) is 15.6 Å². The van der Waals surface area contributed by atoms with Crippen LogP contribution in [-0.4, -0.2) is 38.4 Å². The molecule has 0 radical (unpaired) electrons. The quantitative estimate of drug-likeness (QED) is 0.713. The van der Waals surface area contributed by atoms with Crippen LogP contribution in [0, 0.1) is 0 Å². The SMILES string of the molecule is C[N+]1(C)C=Nc2c(CN3CCCC3)cccc21. The predicted octanol–water partition coefficient (Wildman–Crippen LogP) is 2.52. The van der Waals surface area contributed by atoms with Crippen LogP contribution in [0.2, 0.25) is 0 Å². The van der Waals surface area contributed by atoms with Gasteiger partial charge in [-0.1, -0.05) is 12.1 Å². The van der Waals surface area contributed by atoms with E-state index in [0.717, 1.165) is 11.0 Å². The molecule has 0 aromatic heterocycles. The van der Waals surface area contributed by atoms with Crippen molar-refractivity contribution < 1.29 is 0 Å². The van der Waals surface area contributed by atoms with E-state index in [9.17, 15) is 0 Å². The molecule has 2 aliphatic heterocycles. The lowest BCUT2D eigenvalue weighted by Crippen LogP contribution is -2.36. The van der Waals surface area contributed by atoms with E-state index in [1.807, 2.05) is 6.34 Å². The number of fused-ring (bicyclic) bond motifs is 1. The fourth-order valence-corrected chi connectivity index (χ4v) is 2.77. The average Bonchev–Trinajstić information content (AvgIpc) is 2.89. The smallest absolute Gasteiger partial charge is 0.195 e. The average molecular weight is 230 g/mol. The summed E-state index contributed by atoms with van der Waals surface area (Å²) in [5, 5.41) is 0. The van der Waals surface area contributed by atoms with E-state index in [2.05, 4.69) is 42.2 Å². The standard InChI is InChI=1S/C14H20N3/c1-17(2)11-15-14-12(6-5-7-13(14)17)10-16-8-3-4-9-16/h5-7,11H,3-4,8-10H2,1-2H3/q+1. The molecule has 0 N–H and O–H groups in total. The Labute approximate surface area is 103 Å². The van der Waals surface area contributed by atoms with Crippen LogP contribution < -0.4 is 4.48 Å². The monoisotopic (exact) mass is 230 g/mol. The van der Waals surface area contributed by atoms with Crippen LogP contribution >= 0.6 is 0 Å². The Bertz CT molecular complexity index is 457. The predicted molar refractivity (Wildman–Crippen MR) is 72.7 cm³/mol. The van der Waals surface area contributed by atoms with E-state index in [0.29, 0.717) is 0 Å². The maximum absolute atomic E-state index is 4.61. The highest BCUT2D eigenvalue weighted by molar-refractivity contribution is 5.89. The number of nitrogens with zero attached hydrogens (tertiary/aromatic N) is 3. The molecule has 0 spiro atoms. The van der Waals surface area contributed by atoms with Gasteiger partial charge in [0.1, 0.15) is 5.69 Å². The van der Waals surface area contributed by atoms with E-state index in [-0.39, 0.29) is 0 Å². The lowest BCUT2D eigenvalue weighted by Gasteiger charge is -2.20. The number of likely N-dealkylation sites (tertiary alicyclic amines) is 1. The van der Waals surface area contributed by atoms with Crippen molar-refractivity contribution in [2.24, 2.45) is 4.99 Å². The molecule has 3 rings (SSSR count). The lowest BCUT2D eigenvalue weighted by atomic mass is 10.1. The molecule has 0 atom stereocenters. The minimum absolute atomic E-state index is 0.767. The first-order valence-electron chi connectivity index (χ1n) is 6.40. The van der Waals surface area contributed by atoms with Gasteiger partial charge in [0, 0.05) is 12.6 Å². The highest BCUT2D eigenvalue weighted by atomic mass is 15.4. The van der Waals surface area contributed by atoms with Gasteiger partial charge in [-0.15, -0.1) is 0 Å². The number of hydrogen-bond acceptors (Lipinski definition) is 2. The van der Waals surface area contributed by atoms with Gasteiger partial charge in [-0.05, 0) is 31.5 Å². The van der Waals surface area contributed by atoms with E-state index in [4.69, 9.17) is 0 Å². The molecule has 1 aromatic rings. The summed E-state index contributed by atoms with van der Waals surface area (Å²) in [7, 11) is 4.35. The van der Waals surface area contributed by atoms with Crippen molar-refractivity contribution in [1.29, 1.82) is 0 Å². The molecular weight excluding hydrogens is 210 g/mol. The Balaban J connectivity index is 1.91. The molecule has 1 aromatic carbocycles. The van der Waals surface area contributed by atoms with Gasteiger partial charge >= 0.3 is 0 Å². The maximum Gasteiger partial charge on any atom is 0.195 e. The molecule has 1 saturated heterocycles. The van der Waals surface area contributed by atoms with Gasteiger partial charge in [-0.25, -0.2) is 0 Å². The second-order valence-electron chi connectivity index (χ2n) is 5.55. The fraction of sp³-hybridized carbons (Fsp3) is 0.500. The summed E-state index contributed by atoms with van der Waals surface area (Å²) >= 11 is 0. The Morgan fingerprint density at radius 2 is 2.00 bits per heavy atom. The summed E-state index contributed by atoms with van der Waals surface area (Å²) in [5.41, 5.74) is 3.90. The molecule has 90 valence electrons. The van der Waals surface area contributed by atoms with Gasteiger partial charge in [0.05, 0.1) is 14.1 Å². The molecule has 1 fully saturated rings. The number of quaternary nitrogens is 1. The molecular formula is C14H20N3+. The summed E-state index contributed by atoms with van der Waals surface area (Å²) in [6, 6.07) is 6.58. The molecule has 2 heterocycles. The molecule has 3 nitrogen and oxygen atoms in total. The first kappa shape index (κ1) is 10.9. The van der Waals surface area contributed by atoms with Crippen LogP contribution in [0.15, 0.2) is 23.2 Å². The Morgan fingerprint density at radius 1 is 1.24 bits per heavy atom. The van der Waals surface area contributed by atoms with Gasteiger partial charge in [-0.2, -0.15) is 4.99 Å². The van der Waals surface area contributed by atoms with Crippen molar-refractivity contribution in [3.63, 3.8) is 0 Å². The van der Waals surface area contributed by atoms with Crippen molar-refractivity contribution in [2.45, 2.75) is 19.4 Å². The summed E-state index contributed by atoms with van der Waals surface area (Å²) in [5.74, 6) is 0. The third kappa shape index (κ3) is 1.90. The number of aliphatic imine (C=N–C) groups is 1. The third-order valence-corrected chi connectivity index (χ3v) is 3.79. The number of rotatable bonds is 2.